The Bertz CT molecular complexity index is 368. The molecule has 2 rings (SSSR count). The van der Waals surface area contributed by atoms with Crippen molar-refractivity contribution in [1.82, 2.24) is 0 Å². The van der Waals surface area contributed by atoms with Crippen molar-refractivity contribution in [3.8, 4) is 0 Å². The van der Waals surface area contributed by atoms with Crippen LogP contribution in [0.4, 0.5) is 0 Å². The van der Waals surface area contributed by atoms with E-state index in [0.717, 1.165) is 6.42 Å². The van der Waals surface area contributed by atoms with Crippen LogP contribution in [0.25, 0.3) is 0 Å². The Kier molecular flexibility index (Phi) is 3.95. The van der Waals surface area contributed by atoms with Crippen molar-refractivity contribution >= 4 is 19.2 Å². The maximum absolute atomic E-state index is 2.50. The minimum absolute atomic E-state index is 1.08. The summed E-state index contributed by atoms with van der Waals surface area (Å²) in [5.74, 6) is 0. The first-order valence-corrected chi connectivity index (χ1v) is 7.67. The molecule has 1 radical (unpaired) electrons. The molecule has 2 aromatic carbocycles. The summed E-state index contributed by atoms with van der Waals surface area (Å²) in [5, 5.41) is 3.02. The maximum Gasteiger partial charge on any atom is 0.106 e. The van der Waals surface area contributed by atoms with Crippen LogP contribution >= 0.6 is 0 Å². The summed E-state index contributed by atoms with van der Waals surface area (Å²) in [7, 11) is -1.08. The molecular formula is C15H17Si. The number of rotatable bonds is 4. The molecule has 16 heavy (non-hydrogen) atoms. The van der Waals surface area contributed by atoms with E-state index in [1.807, 2.05) is 0 Å². The molecule has 2 aromatic rings. The fourth-order valence-electron chi connectivity index (χ4n) is 2.02. The monoisotopic (exact) mass is 225 g/mol. The summed E-state index contributed by atoms with van der Waals surface area (Å²) < 4.78 is 0. The third-order valence-electron chi connectivity index (χ3n) is 2.79. The Balaban J connectivity index is 2.31. The number of hydrogen-bond acceptors (Lipinski definition) is 0. The molecule has 0 amide bonds. The van der Waals surface area contributed by atoms with Gasteiger partial charge in [-0.3, -0.25) is 0 Å². The highest BCUT2D eigenvalue weighted by molar-refractivity contribution is 6.87. The molecule has 0 fully saturated rings. The predicted octanol–water partition coefficient (Wildman–Crippen LogP) is 2.18. The summed E-state index contributed by atoms with van der Waals surface area (Å²) in [5.41, 5.74) is 0. The first kappa shape index (κ1) is 11.2. The van der Waals surface area contributed by atoms with Gasteiger partial charge in [0.25, 0.3) is 0 Å². The molecule has 0 atom stereocenters. The zero-order valence-electron chi connectivity index (χ0n) is 9.64. The Hall–Kier alpha value is -1.34. The van der Waals surface area contributed by atoms with Gasteiger partial charge < -0.3 is 0 Å². The van der Waals surface area contributed by atoms with Gasteiger partial charge in [-0.15, -0.1) is 0 Å². The van der Waals surface area contributed by atoms with E-state index in [9.17, 15) is 0 Å². The molecule has 0 aliphatic rings. The smallest absolute Gasteiger partial charge is 0.0654 e. The molecule has 0 aliphatic carbocycles. The molecule has 1 heteroatoms. The van der Waals surface area contributed by atoms with Gasteiger partial charge in [0.05, 0.1) is 0 Å². The summed E-state index contributed by atoms with van der Waals surface area (Å²) in [6.45, 7) is 2.23. The summed E-state index contributed by atoms with van der Waals surface area (Å²) in [6, 6.07) is 24.3. The Morgan fingerprint density at radius 1 is 0.812 bits per heavy atom. The van der Waals surface area contributed by atoms with Crippen LogP contribution in [0.1, 0.15) is 13.3 Å². The number of hydrogen-bond donors (Lipinski definition) is 0. The molecule has 0 aliphatic heterocycles. The van der Waals surface area contributed by atoms with E-state index in [4.69, 9.17) is 0 Å². The van der Waals surface area contributed by atoms with Gasteiger partial charge >= 0.3 is 0 Å². The van der Waals surface area contributed by atoms with E-state index in [2.05, 4.69) is 73.6 Å². The molecule has 0 nitrogen and oxygen atoms in total. The van der Waals surface area contributed by atoms with Crippen LogP contribution in [-0.2, 0) is 0 Å². The van der Waals surface area contributed by atoms with Crippen LogP contribution in [0.15, 0.2) is 60.7 Å². The molecule has 0 heterocycles. The van der Waals surface area contributed by atoms with Crippen LogP contribution in [0.3, 0.4) is 0 Å². The third kappa shape index (κ3) is 2.61. The lowest BCUT2D eigenvalue weighted by Gasteiger charge is -2.15. The topological polar surface area (TPSA) is 0 Å². The van der Waals surface area contributed by atoms with Gasteiger partial charge in [-0.1, -0.05) is 84.4 Å². The third-order valence-corrected chi connectivity index (χ3v) is 5.94. The average molecular weight is 225 g/mol. The van der Waals surface area contributed by atoms with E-state index in [1.54, 1.807) is 0 Å². The van der Waals surface area contributed by atoms with Crippen LogP contribution < -0.4 is 10.4 Å². The number of benzene rings is 2. The fraction of sp³-hybridized carbons (Fsp3) is 0.133. The van der Waals surface area contributed by atoms with Crippen LogP contribution in [0.5, 0.6) is 0 Å². The standard InChI is InChI=1S/C15H17Si/c1-2-13-16(14-9-5-3-6-10-14)15-11-7-4-8-12-15/h3-13,16H,2H2,1H3. The SMILES string of the molecule is CC[CH][SiH](c1ccccc1)c1ccccc1. The lowest BCUT2D eigenvalue weighted by molar-refractivity contribution is 1.18. The quantitative estimate of drug-likeness (QED) is 0.700. The van der Waals surface area contributed by atoms with E-state index in [0.29, 0.717) is 0 Å². The first-order valence-electron chi connectivity index (χ1n) is 5.85. The highest BCUT2D eigenvalue weighted by atomic mass is 28.3. The highest BCUT2D eigenvalue weighted by Gasteiger charge is 2.14. The second kappa shape index (κ2) is 5.66. The molecule has 0 unspecified atom stereocenters. The molecular weight excluding hydrogens is 208 g/mol. The Morgan fingerprint density at radius 3 is 1.62 bits per heavy atom. The second-order valence-electron chi connectivity index (χ2n) is 3.94. The summed E-state index contributed by atoms with van der Waals surface area (Å²) in [4.78, 5) is 0. The minimum atomic E-state index is -1.08. The van der Waals surface area contributed by atoms with Crippen molar-refractivity contribution < 1.29 is 0 Å². The Labute approximate surface area is 99.6 Å². The molecule has 81 valence electrons. The van der Waals surface area contributed by atoms with Gasteiger partial charge in [0.2, 0.25) is 0 Å². The van der Waals surface area contributed by atoms with E-state index < -0.39 is 8.80 Å². The normalized spacial score (nSPS) is 10.6. The summed E-state index contributed by atoms with van der Waals surface area (Å²) >= 11 is 0. The highest BCUT2D eigenvalue weighted by Crippen LogP contribution is 1.98. The fourth-order valence-corrected chi connectivity index (χ4v) is 4.70. The zero-order chi connectivity index (χ0) is 11.2. The zero-order valence-corrected chi connectivity index (χ0v) is 10.8. The van der Waals surface area contributed by atoms with Gasteiger partial charge in [-0.25, -0.2) is 0 Å². The van der Waals surface area contributed by atoms with Gasteiger partial charge in [0, 0.05) is 0 Å². The summed E-state index contributed by atoms with van der Waals surface area (Å²) in [6.07, 6.45) is 1.15. The van der Waals surface area contributed by atoms with Crippen molar-refractivity contribution in [2.75, 3.05) is 0 Å². The van der Waals surface area contributed by atoms with Crippen molar-refractivity contribution in [3.63, 3.8) is 0 Å². The largest absolute Gasteiger partial charge is 0.106 e. The molecule has 0 N–H and O–H groups in total. The molecule has 0 bridgehead atoms. The van der Waals surface area contributed by atoms with Gasteiger partial charge in [0.15, 0.2) is 0 Å². The molecule has 0 spiro atoms. The second-order valence-corrected chi connectivity index (χ2v) is 6.70. The van der Waals surface area contributed by atoms with Crippen molar-refractivity contribution in [3.05, 3.63) is 66.7 Å². The molecule has 0 saturated heterocycles. The Morgan fingerprint density at radius 2 is 1.25 bits per heavy atom. The average Bonchev–Trinajstić information content (AvgIpc) is 2.38. The lowest BCUT2D eigenvalue weighted by Crippen LogP contribution is -2.42. The van der Waals surface area contributed by atoms with E-state index >= 15 is 0 Å². The van der Waals surface area contributed by atoms with E-state index in [-0.39, 0.29) is 0 Å². The van der Waals surface area contributed by atoms with Crippen LogP contribution in [0, 0.1) is 6.04 Å². The van der Waals surface area contributed by atoms with Crippen molar-refractivity contribution in [2.45, 2.75) is 13.3 Å². The van der Waals surface area contributed by atoms with Gasteiger partial charge in [-0.2, -0.15) is 0 Å². The maximum atomic E-state index is 2.50. The first-order chi connectivity index (χ1) is 7.92. The molecule has 0 aromatic heterocycles. The van der Waals surface area contributed by atoms with Gasteiger partial charge in [-0.05, 0) is 6.04 Å². The van der Waals surface area contributed by atoms with Crippen LogP contribution in [-0.4, -0.2) is 8.80 Å². The van der Waals surface area contributed by atoms with Crippen molar-refractivity contribution in [1.29, 1.82) is 0 Å². The minimum Gasteiger partial charge on any atom is -0.0654 e. The van der Waals surface area contributed by atoms with Crippen LogP contribution in [0.2, 0.25) is 0 Å². The van der Waals surface area contributed by atoms with Gasteiger partial charge in [0.1, 0.15) is 8.80 Å². The van der Waals surface area contributed by atoms with E-state index in [1.165, 1.54) is 10.4 Å². The van der Waals surface area contributed by atoms with Crippen molar-refractivity contribution in [2.24, 2.45) is 0 Å². The lowest BCUT2D eigenvalue weighted by atomic mass is 10.4. The molecule has 0 saturated carbocycles. The predicted molar refractivity (Wildman–Crippen MR) is 73.9 cm³/mol.